The van der Waals surface area contributed by atoms with Crippen molar-refractivity contribution in [2.75, 3.05) is 0 Å². The highest BCUT2D eigenvalue weighted by Crippen LogP contribution is 2.15. The number of aromatic nitrogens is 2. The van der Waals surface area contributed by atoms with Crippen molar-refractivity contribution in [3.8, 4) is 5.69 Å². The predicted molar refractivity (Wildman–Crippen MR) is 77.8 cm³/mol. The fourth-order valence-electron chi connectivity index (χ4n) is 2.23. The molecule has 2 aromatic rings. The first-order valence-electron chi connectivity index (χ1n) is 6.64. The summed E-state index contributed by atoms with van der Waals surface area (Å²) in [6.45, 7) is 5.97. The van der Waals surface area contributed by atoms with Crippen molar-refractivity contribution in [2.24, 2.45) is 5.73 Å². The van der Waals surface area contributed by atoms with Crippen molar-refractivity contribution < 1.29 is 0 Å². The van der Waals surface area contributed by atoms with E-state index in [0.29, 0.717) is 0 Å². The van der Waals surface area contributed by atoms with Gasteiger partial charge in [-0.3, -0.25) is 9.13 Å². The predicted octanol–water partition coefficient (Wildman–Crippen LogP) is 2.11. The Morgan fingerprint density at radius 1 is 1.16 bits per heavy atom. The van der Waals surface area contributed by atoms with Gasteiger partial charge in [0.05, 0.1) is 5.69 Å². The molecule has 19 heavy (non-hydrogen) atoms. The molecule has 0 saturated carbocycles. The molecule has 0 fully saturated rings. The Morgan fingerprint density at radius 3 is 2.42 bits per heavy atom. The zero-order valence-corrected chi connectivity index (χ0v) is 11.7. The van der Waals surface area contributed by atoms with Gasteiger partial charge in [0.1, 0.15) is 0 Å². The summed E-state index contributed by atoms with van der Waals surface area (Å²) in [6, 6.07) is 8.14. The summed E-state index contributed by atoms with van der Waals surface area (Å²) in [4.78, 5) is 12.3. The molecule has 4 heteroatoms. The molecule has 0 spiro atoms. The minimum atomic E-state index is -0.00729. The van der Waals surface area contributed by atoms with Gasteiger partial charge in [0, 0.05) is 24.5 Å². The maximum Gasteiger partial charge on any atom is 0.332 e. The molecule has 1 unspecified atom stereocenters. The summed E-state index contributed by atoms with van der Waals surface area (Å²) < 4.78 is 3.42. The van der Waals surface area contributed by atoms with E-state index < -0.39 is 0 Å². The van der Waals surface area contributed by atoms with Gasteiger partial charge in [-0.1, -0.05) is 18.2 Å². The lowest BCUT2D eigenvalue weighted by molar-refractivity contribution is 0.573. The molecule has 0 saturated heterocycles. The van der Waals surface area contributed by atoms with Gasteiger partial charge in [0.2, 0.25) is 0 Å². The van der Waals surface area contributed by atoms with E-state index in [0.717, 1.165) is 17.7 Å². The number of hydrogen-bond donors (Lipinski definition) is 1. The lowest BCUT2D eigenvalue weighted by Gasteiger charge is -2.12. The Hall–Kier alpha value is -1.81. The van der Waals surface area contributed by atoms with E-state index >= 15 is 0 Å². The standard InChI is InChI=1S/C15H21N3O/c1-11(2)17-8-9-18(15(17)19)14-7-5-4-6-13(14)10-12(3)16/h4-9,11-12H,10,16H2,1-3H3. The Balaban J connectivity index is 2.50. The second-order valence-electron chi connectivity index (χ2n) is 5.26. The van der Waals surface area contributed by atoms with Crippen LogP contribution in [0.3, 0.4) is 0 Å². The first-order chi connectivity index (χ1) is 9.00. The molecular weight excluding hydrogens is 238 g/mol. The van der Waals surface area contributed by atoms with Gasteiger partial charge in [0.15, 0.2) is 0 Å². The zero-order chi connectivity index (χ0) is 14.0. The Kier molecular flexibility index (Phi) is 3.90. The van der Waals surface area contributed by atoms with Crippen LogP contribution >= 0.6 is 0 Å². The lowest BCUT2D eigenvalue weighted by Crippen LogP contribution is -2.26. The van der Waals surface area contributed by atoms with Gasteiger partial charge in [-0.05, 0) is 38.8 Å². The third-order valence-corrected chi connectivity index (χ3v) is 3.15. The van der Waals surface area contributed by atoms with Crippen LogP contribution in [0.1, 0.15) is 32.4 Å². The highest BCUT2D eigenvalue weighted by molar-refractivity contribution is 5.41. The van der Waals surface area contributed by atoms with Crippen molar-refractivity contribution >= 4 is 0 Å². The van der Waals surface area contributed by atoms with E-state index in [1.807, 2.05) is 57.4 Å². The molecule has 4 nitrogen and oxygen atoms in total. The summed E-state index contributed by atoms with van der Waals surface area (Å²) in [7, 11) is 0. The van der Waals surface area contributed by atoms with E-state index in [2.05, 4.69) is 0 Å². The Morgan fingerprint density at radius 2 is 1.84 bits per heavy atom. The monoisotopic (exact) mass is 259 g/mol. The fourth-order valence-corrected chi connectivity index (χ4v) is 2.23. The summed E-state index contributed by atoms with van der Waals surface area (Å²) in [5.41, 5.74) is 7.88. The largest absolute Gasteiger partial charge is 0.332 e. The molecule has 1 heterocycles. The second kappa shape index (κ2) is 5.45. The van der Waals surface area contributed by atoms with Gasteiger partial charge in [0.25, 0.3) is 0 Å². The third-order valence-electron chi connectivity index (χ3n) is 3.15. The molecule has 1 aromatic carbocycles. The topological polar surface area (TPSA) is 52.9 Å². The van der Waals surface area contributed by atoms with E-state index in [4.69, 9.17) is 5.73 Å². The summed E-state index contributed by atoms with van der Waals surface area (Å²) in [5.74, 6) is 0. The fraction of sp³-hybridized carbons (Fsp3) is 0.400. The lowest BCUT2D eigenvalue weighted by atomic mass is 10.1. The molecule has 0 bridgehead atoms. The van der Waals surface area contributed by atoms with Gasteiger partial charge in [-0.25, -0.2) is 4.79 Å². The molecule has 2 N–H and O–H groups in total. The highest BCUT2D eigenvalue weighted by Gasteiger charge is 2.11. The van der Waals surface area contributed by atoms with Crippen LogP contribution in [0.25, 0.3) is 5.69 Å². The SMILES string of the molecule is CC(N)Cc1ccccc1-n1ccn(C(C)C)c1=O. The van der Waals surface area contributed by atoms with E-state index in [9.17, 15) is 4.79 Å². The van der Waals surface area contributed by atoms with Crippen molar-refractivity contribution in [1.82, 2.24) is 9.13 Å². The molecule has 0 radical (unpaired) electrons. The first-order valence-corrected chi connectivity index (χ1v) is 6.64. The van der Waals surface area contributed by atoms with Crippen LogP contribution < -0.4 is 11.4 Å². The maximum atomic E-state index is 12.3. The molecule has 0 aliphatic carbocycles. The molecule has 1 atom stereocenters. The molecule has 1 aromatic heterocycles. The number of rotatable bonds is 4. The van der Waals surface area contributed by atoms with Crippen LogP contribution in [0.2, 0.25) is 0 Å². The van der Waals surface area contributed by atoms with Gasteiger partial charge in [-0.2, -0.15) is 0 Å². The van der Waals surface area contributed by atoms with Crippen LogP contribution in [0.5, 0.6) is 0 Å². The first kappa shape index (κ1) is 13.6. The summed E-state index contributed by atoms with van der Waals surface area (Å²) >= 11 is 0. The minimum Gasteiger partial charge on any atom is -0.328 e. The average molecular weight is 259 g/mol. The van der Waals surface area contributed by atoms with E-state index in [1.54, 1.807) is 9.13 Å². The molecular formula is C15H21N3O. The maximum absolute atomic E-state index is 12.3. The number of hydrogen-bond acceptors (Lipinski definition) is 2. The molecule has 0 amide bonds. The van der Waals surface area contributed by atoms with Crippen LogP contribution in [-0.4, -0.2) is 15.2 Å². The van der Waals surface area contributed by atoms with Gasteiger partial charge >= 0.3 is 5.69 Å². The smallest absolute Gasteiger partial charge is 0.328 e. The van der Waals surface area contributed by atoms with Gasteiger partial charge in [-0.15, -0.1) is 0 Å². The van der Waals surface area contributed by atoms with E-state index in [-0.39, 0.29) is 17.8 Å². The molecule has 0 aliphatic heterocycles. The Bertz CT molecular complexity index is 608. The molecule has 2 rings (SSSR count). The molecule has 102 valence electrons. The van der Waals surface area contributed by atoms with Crippen LogP contribution in [0, 0.1) is 0 Å². The number of para-hydroxylation sites is 1. The summed E-state index contributed by atoms with van der Waals surface area (Å²) in [5, 5.41) is 0. The second-order valence-corrected chi connectivity index (χ2v) is 5.26. The normalized spacial score (nSPS) is 12.9. The van der Waals surface area contributed by atoms with Crippen molar-refractivity contribution in [2.45, 2.75) is 39.3 Å². The quantitative estimate of drug-likeness (QED) is 0.914. The third kappa shape index (κ3) is 2.79. The van der Waals surface area contributed by atoms with Gasteiger partial charge < -0.3 is 5.73 Å². The van der Waals surface area contributed by atoms with Crippen molar-refractivity contribution in [3.63, 3.8) is 0 Å². The van der Waals surface area contributed by atoms with Crippen LogP contribution in [-0.2, 0) is 6.42 Å². The van der Waals surface area contributed by atoms with Crippen LogP contribution in [0.15, 0.2) is 41.5 Å². The van der Waals surface area contributed by atoms with Crippen molar-refractivity contribution in [3.05, 3.63) is 52.7 Å². The van der Waals surface area contributed by atoms with E-state index in [1.165, 1.54) is 0 Å². The Labute approximate surface area is 113 Å². The highest BCUT2D eigenvalue weighted by atomic mass is 16.1. The zero-order valence-electron chi connectivity index (χ0n) is 11.7. The number of nitrogens with zero attached hydrogens (tertiary/aromatic N) is 2. The summed E-state index contributed by atoms with van der Waals surface area (Å²) in [6.07, 6.45) is 4.41. The number of nitrogens with two attached hydrogens (primary N) is 1. The van der Waals surface area contributed by atoms with Crippen LogP contribution in [0.4, 0.5) is 0 Å². The minimum absolute atomic E-state index is 0.00729. The number of imidazole rings is 1. The number of benzene rings is 1. The average Bonchev–Trinajstić information content (AvgIpc) is 2.71. The van der Waals surface area contributed by atoms with Crippen molar-refractivity contribution in [1.29, 1.82) is 0 Å². The molecule has 0 aliphatic rings.